The number of rotatable bonds is 5. The minimum absolute atomic E-state index is 0.128. The second kappa shape index (κ2) is 13.4. The Morgan fingerprint density at radius 2 is 0.828 bits per heavy atom. The molecule has 0 saturated heterocycles. The molecule has 1 heterocycles. The molecule has 0 radical (unpaired) electrons. The van der Waals surface area contributed by atoms with E-state index in [1.54, 1.807) is 0 Å². The van der Waals surface area contributed by atoms with Crippen molar-refractivity contribution in [1.82, 2.24) is 4.57 Å². The van der Waals surface area contributed by atoms with Crippen LogP contribution in [0.5, 0.6) is 0 Å². The molecule has 304 valence electrons. The minimum atomic E-state index is -0.238. The van der Waals surface area contributed by atoms with Gasteiger partial charge in [0.05, 0.1) is 16.7 Å². The molecule has 64 heavy (non-hydrogen) atoms. The SMILES string of the molecule is CC1(C)c2ccccc2-c2ccc(N(c3ccc4c(c3)C(C)(C)c3cc(-c5ccc6c(c5)c5ccccc5n6-c5ccccc5)ccc3-4)c3c4ccccc4cc4ccccc34)cc21. The normalized spacial score (nSPS) is 14.2. The highest BCUT2D eigenvalue weighted by molar-refractivity contribution is 6.15. The first-order chi connectivity index (χ1) is 31.3. The van der Waals surface area contributed by atoms with Gasteiger partial charge in [0.15, 0.2) is 0 Å². The van der Waals surface area contributed by atoms with Crippen molar-refractivity contribution in [1.29, 1.82) is 0 Å². The summed E-state index contributed by atoms with van der Waals surface area (Å²) < 4.78 is 2.39. The molecule has 0 fully saturated rings. The Hall–Kier alpha value is -7.68. The molecule has 2 heteroatoms. The van der Waals surface area contributed by atoms with Crippen LogP contribution in [-0.4, -0.2) is 4.57 Å². The third-order valence-corrected chi connectivity index (χ3v) is 14.7. The number of para-hydroxylation sites is 2. The molecule has 0 aliphatic heterocycles. The zero-order chi connectivity index (χ0) is 42.9. The van der Waals surface area contributed by atoms with E-state index in [2.05, 4.69) is 243 Å². The molecular formula is C62H46N2. The van der Waals surface area contributed by atoms with Crippen molar-refractivity contribution >= 4 is 60.4 Å². The maximum Gasteiger partial charge on any atom is 0.0618 e. The lowest BCUT2D eigenvalue weighted by molar-refractivity contribution is 0.660. The minimum Gasteiger partial charge on any atom is -0.309 e. The van der Waals surface area contributed by atoms with E-state index >= 15 is 0 Å². The van der Waals surface area contributed by atoms with E-state index in [4.69, 9.17) is 0 Å². The number of hydrogen-bond donors (Lipinski definition) is 0. The molecule has 0 amide bonds. The highest BCUT2D eigenvalue weighted by Gasteiger charge is 2.38. The molecule has 0 unspecified atom stereocenters. The van der Waals surface area contributed by atoms with Crippen LogP contribution in [0.1, 0.15) is 49.9 Å². The largest absolute Gasteiger partial charge is 0.309 e. The maximum absolute atomic E-state index is 2.55. The molecule has 0 N–H and O–H groups in total. The lowest BCUT2D eigenvalue weighted by Crippen LogP contribution is -2.18. The molecule has 0 atom stereocenters. The van der Waals surface area contributed by atoms with Crippen molar-refractivity contribution in [2.45, 2.75) is 38.5 Å². The van der Waals surface area contributed by atoms with Crippen molar-refractivity contribution in [2.24, 2.45) is 0 Å². The summed E-state index contributed by atoms with van der Waals surface area (Å²) in [7, 11) is 0. The quantitative estimate of drug-likeness (QED) is 0.157. The van der Waals surface area contributed by atoms with Gasteiger partial charge in [-0.05, 0) is 133 Å². The van der Waals surface area contributed by atoms with Crippen molar-refractivity contribution in [2.75, 3.05) is 4.90 Å². The van der Waals surface area contributed by atoms with Crippen molar-refractivity contribution in [3.05, 3.63) is 229 Å². The van der Waals surface area contributed by atoms with Crippen LogP contribution in [0.3, 0.4) is 0 Å². The predicted molar refractivity (Wildman–Crippen MR) is 271 cm³/mol. The van der Waals surface area contributed by atoms with Crippen LogP contribution in [0, 0.1) is 0 Å². The van der Waals surface area contributed by atoms with Gasteiger partial charge >= 0.3 is 0 Å². The molecule has 0 saturated carbocycles. The summed E-state index contributed by atoms with van der Waals surface area (Å²) in [6.45, 7) is 9.58. The zero-order valence-corrected chi connectivity index (χ0v) is 36.5. The van der Waals surface area contributed by atoms with Crippen molar-refractivity contribution < 1.29 is 0 Å². The number of anilines is 3. The summed E-state index contributed by atoms with van der Waals surface area (Å²) in [5.41, 5.74) is 20.0. The van der Waals surface area contributed by atoms with Crippen LogP contribution in [0.2, 0.25) is 0 Å². The van der Waals surface area contributed by atoms with Crippen LogP contribution in [-0.2, 0) is 10.8 Å². The van der Waals surface area contributed by atoms with Crippen LogP contribution in [0.4, 0.5) is 17.1 Å². The van der Waals surface area contributed by atoms with Gasteiger partial charge in [0.2, 0.25) is 0 Å². The Kier molecular flexibility index (Phi) is 7.74. The van der Waals surface area contributed by atoms with E-state index in [1.807, 2.05) is 0 Å². The van der Waals surface area contributed by atoms with Crippen LogP contribution in [0.25, 0.3) is 82.4 Å². The summed E-state index contributed by atoms with van der Waals surface area (Å²) in [5, 5.41) is 7.48. The summed E-state index contributed by atoms with van der Waals surface area (Å²) in [6.07, 6.45) is 0. The molecule has 0 bridgehead atoms. The highest BCUT2D eigenvalue weighted by atomic mass is 15.1. The Balaban J connectivity index is 0.969. The van der Waals surface area contributed by atoms with Gasteiger partial charge in [0, 0.05) is 49.4 Å². The van der Waals surface area contributed by atoms with Gasteiger partial charge in [0.25, 0.3) is 0 Å². The predicted octanol–water partition coefficient (Wildman–Crippen LogP) is 16.8. The van der Waals surface area contributed by atoms with Crippen LogP contribution in [0.15, 0.2) is 206 Å². The summed E-state index contributed by atoms with van der Waals surface area (Å²) >= 11 is 0. The number of nitrogens with zero attached hydrogens (tertiary/aromatic N) is 2. The average Bonchev–Trinajstić information content (AvgIpc) is 3.87. The van der Waals surface area contributed by atoms with E-state index in [9.17, 15) is 0 Å². The number of fused-ring (bicyclic) bond motifs is 11. The fourth-order valence-electron chi connectivity index (χ4n) is 11.5. The molecular weight excluding hydrogens is 773 g/mol. The van der Waals surface area contributed by atoms with E-state index in [0.717, 1.165) is 5.69 Å². The summed E-state index contributed by atoms with van der Waals surface area (Å²) in [5.74, 6) is 0. The molecule has 0 spiro atoms. The molecule has 11 aromatic rings. The second-order valence-corrected chi connectivity index (χ2v) is 18.9. The van der Waals surface area contributed by atoms with E-state index in [-0.39, 0.29) is 10.8 Å². The highest BCUT2D eigenvalue weighted by Crippen LogP contribution is 2.55. The fraction of sp³-hybridized carbons (Fsp3) is 0.0968. The Morgan fingerprint density at radius 1 is 0.344 bits per heavy atom. The standard InChI is InChI=1S/C62H46N2/c1-61(2)54-24-14-12-22-48(54)50-31-28-44(37-56(50)61)63(60-46-20-10-8-16-41(46)34-42-17-9-11-21-47(42)60)45-29-32-51-49-30-26-40(36-55(49)62(3,4)57(51)38-45)39-27-33-59-53(35-39)52-23-13-15-25-58(52)64(59)43-18-6-5-7-19-43/h5-38H,1-4H3. The Morgan fingerprint density at radius 3 is 1.52 bits per heavy atom. The van der Waals surface area contributed by atoms with Gasteiger partial charge < -0.3 is 9.47 Å². The van der Waals surface area contributed by atoms with Gasteiger partial charge in [-0.25, -0.2) is 0 Å². The van der Waals surface area contributed by atoms with E-state index in [0.29, 0.717) is 0 Å². The topological polar surface area (TPSA) is 8.17 Å². The van der Waals surface area contributed by atoms with Crippen LogP contribution < -0.4 is 4.90 Å². The van der Waals surface area contributed by atoms with Crippen molar-refractivity contribution in [3.63, 3.8) is 0 Å². The number of aromatic nitrogens is 1. The number of benzene rings is 10. The van der Waals surface area contributed by atoms with Gasteiger partial charge in [-0.2, -0.15) is 0 Å². The Labute approximate surface area is 374 Å². The maximum atomic E-state index is 2.55. The van der Waals surface area contributed by atoms with Gasteiger partial charge in [-0.3, -0.25) is 0 Å². The van der Waals surface area contributed by atoms with Gasteiger partial charge in [-0.15, -0.1) is 0 Å². The summed E-state index contributed by atoms with van der Waals surface area (Å²) in [4.78, 5) is 2.55. The second-order valence-electron chi connectivity index (χ2n) is 18.9. The smallest absolute Gasteiger partial charge is 0.0618 e. The number of hydrogen-bond acceptors (Lipinski definition) is 1. The van der Waals surface area contributed by atoms with E-state index < -0.39 is 0 Å². The molecule has 13 rings (SSSR count). The molecule has 2 aliphatic carbocycles. The lowest BCUT2D eigenvalue weighted by Gasteiger charge is -2.31. The third kappa shape index (κ3) is 5.20. The van der Waals surface area contributed by atoms with Gasteiger partial charge in [-0.1, -0.05) is 167 Å². The van der Waals surface area contributed by atoms with E-state index in [1.165, 1.54) is 116 Å². The summed E-state index contributed by atoms with van der Waals surface area (Å²) in [6, 6.07) is 77.1. The molecule has 1 aromatic heterocycles. The molecule has 2 aliphatic rings. The van der Waals surface area contributed by atoms with Gasteiger partial charge in [0.1, 0.15) is 0 Å². The third-order valence-electron chi connectivity index (χ3n) is 14.7. The average molecular weight is 819 g/mol. The molecule has 10 aromatic carbocycles. The fourth-order valence-corrected chi connectivity index (χ4v) is 11.5. The molecule has 2 nitrogen and oxygen atoms in total. The lowest BCUT2D eigenvalue weighted by atomic mass is 9.81. The zero-order valence-electron chi connectivity index (χ0n) is 36.5. The first-order valence-electron chi connectivity index (χ1n) is 22.6. The monoisotopic (exact) mass is 818 g/mol. The first-order valence-corrected chi connectivity index (χ1v) is 22.6. The Bertz CT molecular complexity index is 3680. The van der Waals surface area contributed by atoms with Crippen LogP contribution >= 0.6 is 0 Å². The van der Waals surface area contributed by atoms with Crippen molar-refractivity contribution in [3.8, 4) is 39.1 Å². The first kappa shape index (κ1) is 36.9.